The molecule has 0 aliphatic heterocycles. The van der Waals surface area contributed by atoms with Crippen molar-refractivity contribution in [2.75, 3.05) is 13.7 Å². The summed E-state index contributed by atoms with van der Waals surface area (Å²) in [6.07, 6.45) is 3.17. The second kappa shape index (κ2) is 5.50. The minimum Gasteiger partial charge on any atom is -0.376 e. The van der Waals surface area contributed by atoms with Crippen LogP contribution in [0.5, 0.6) is 0 Å². The van der Waals surface area contributed by atoms with Crippen LogP contribution in [-0.2, 0) is 9.53 Å². The van der Waals surface area contributed by atoms with Crippen LogP contribution in [0.2, 0.25) is 0 Å². The number of nitrogens with two attached hydrogens (primary N) is 1. The Labute approximate surface area is 108 Å². The lowest BCUT2D eigenvalue weighted by molar-refractivity contribution is -0.126. The molecule has 1 aromatic rings. The van der Waals surface area contributed by atoms with Crippen LogP contribution < -0.4 is 11.1 Å². The van der Waals surface area contributed by atoms with E-state index in [0.29, 0.717) is 6.54 Å². The molecule has 1 aromatic carbocycles. The summed E-state index contributed by atoms with van der Waals surface area (Å²) >= 11 is 0. The van der Waals surface area contributed by atoms with Crippen molar-refractivity contribution in [1.82, 2.24) is 5.32 Å². The number of hydrogen-bond acceptors (Lipinski definition) is 3. The molecule has 0 saturated heterocycles. The van der Waals surface area contributed by atoms with E-state index in [9.17, 15) is 4.79 Å². The van der Waals surface area contributed by atoms with Crippen LogP contribution in [0.4, 0.5) is 0 Å². The number of carbonyl (C=O) groups is 1. The highest BCUT2D eigenvalue weighted by atomic mass is 16.5. The second-order valence-electron chi connectivity index (χ2n) is 4.85. The van der Waals surface area contributed by atoms with Crippen molar-refractivity contribution in [2.24, 2.45) is 5.73 Å². The van der Waals surface area contributed by atoms with Gasteiger partial charge in [0.2, 0.25) is 5.91 Å². The van der Waals surface area contributed by atoms with Crippen LogP contribution in [0.25, 0.3) is 0 Å². The van der Waals surface area contributed by atoms with E-state index in [2.05, 4.69) is 5.32 Å². The number of methoxy groups -OCH3 is 1. The van der Waals surface area contributed by atoms with E-state index < -0.39 is 6.04 Å². The van der Waals surface area contributed by atoms with E-state index in [1.54, 1.807) is 7.11 Å². The van der Waals surface area contributed by atoms with Crippen molar-refractivity contribution >= 4 is 5.91 Å². The summed E-state index contributed by atoms with van der Waals surface area (Å²) in [4.78, 5) is 12.0. The molecule has 1 aliphatic carbocycles. The quantitative estimate of drug-likeness (QED) is 0.827. The average Bonchev–Trinajstić information content (AvgIpc) is 2.38. The zero-order chi connectivity index (χ0) is 13.0. The molecule has 4 heteroatoms. The van der Waals surface area contributed by atoms with Gasteiger partial charge in [-0.2, -0.15) is 0 Å². The molecule has 3 N–H and O–H groups in total. The van der Waals surface area contributed by atoms with E-state index >= 15 is 0 Å². The molecule has 1 amide bonds. The van der Waals surface area contributed by atoms with E-state index in [0.717, 1.165) is 24.8 Å². The Hall–Kier alpha value is -1.39. The van der Waals surface area contributed by atoms with Crippen molar-refractivity contribution < 1.29 is 9.53 Å². The fourth-order valence-electron chi connectivity index (χ4n) is 2.19. The smallest absolute Gasteiger partial charge is 0.241 e. The average molecular weight is 248 g/mol. The van der Waals surface area contributed by atoms with Crippen molar-refractivity contribution in [3.05, 3.63) is 35.9 Å². The predicted octanol–water partition coefficient (Wildman–Crippen LogP) is 1.37. The van der Waals surface area contributed by atoms with Gasteiger partial charge in [0, 0.05) is 13.7 Å². The monoisotopic (exact) mass is 248 g/mol. The van der Waals surface area contributed by atoms with Gasteiger partial charge in [-0.1, -0.05) is 30.3 Å². The summed E-state index contributed by atoms with van der Waals surface area (Å²) in [6, 6.07) is 8.78. The lowest BCUT2D eigenvalue weighted by Gasteiger charge is -2.40. The van der Waals surface area contributed by atoms with Gasteiger partial charge in [-0.05, 0) is 24.8 Å². The molecule has 0 heterocycles. The van der Waals surface area contributed by atoms with Gasteiger partial charge in [-0.3, -0.25) is 4.79 Å². The molecule has 2 rings (SSSR count). The number of amides is 1. The number of hydrogen-bond donors (Lipinski definition) is 2. The zero-order valence-electron chi connectivity index (χ0n) is 10.7. The molecule has 18 heavy (non-hydrogen) atoms. The van der Waals surface area contributed by atoms with Crippen LogP contribution in [-0.4, -0.2) is 25.2 Å². The summed E-state index contributed by atoms with van der Waals surface area (Å²) in [5.74, 6) is -0.149. The van der Waals surface area contributed by atoms with E-state index in [1.165, 1.54) is 0 Å². The second-order valence-corrected chi connectivity index (χ2v) is 4.85. The Morgan fingerprint density at radius 1 is 1.44 bits per heavy atom. The van der Waals surface area contributed by atoms with E-state index in [1.807, 2.05) is 30.3 Å². The molecule has 1 saturated carbocycles. The Morgan fingerprint density at radius 2 is 2.11 bits per heavy atom. The molecule has 1 fully saturated rings. The zero-order valence-corrected chi connectivity index (χ0v) is 10.7. The molecule has 1 atom stereocenters. The standard InChI is InChI=1S/C14H20N2O2/c1-18-14(8-5-9-14)10-16-13(17)12(15)11-6-3-2-4-7-11/h2-4,6-7,12H,5,8-10,15H2,1H3,(H,16,17). The number of rotatable bonds is 5. The third-order valence-corrected chi connectivity index (χ3v) is 3.72. The lowest BCUT2D eigenvalue weighted by Crippen LogP contribution is -2.50. The van der Waals surface area contributed by atoms with Gasteiger partial charge in [0.05, 0.1) is 5.60 Å². The van der Waals surface area contributed by atoms with Gasteiger partial charge in [0.25, 0.3) is 0 Å². The Balaban J connectivity index is 1.88. The summed E-state index contributed by atoms with van der Waals surface area (Å²) in [6.45, 7) is 0.545. The normalized spacial score (nSPS) is 18.8. The first-order chi connectivity index (χ1) is 8.67. The molecule has 0 spiro atoms. The molecule has 0 bridgehead atoms. The van der Waals surface area contributed by atoms with Gasteiger partial charge >= 0.3 is 0 Å². The first-order valence-corrected chi connectivity index (χ1v) is 6.30. The number of ether oxygens (including phenoxy) is 1. The van der Waals surface area contributed by atoms with Crippen LogP contribution in [0.1, 0.15) is 30.9 Å². The molecule has 98 valence electrons. The van der Waals surface area contributed by atoms with Crippen LogP contribution in [0.15, 0.2) is 30.3 Å². The number of benzene rings is 1. The maximum absolute atomic E-state index is 12.0. The lowest BCUT2D eigenvalue weighted by atomic mass is 9.80. The highest BCUT2D eigenvalue weighted by molar-refractivity contribution is 5.82. The van der Waals surface area contributed by atoms with Gasteiger partial charge in [0.15, 0.2) is 0 Å². The Bertz CT molecular complexity index is 396. The highest BCUT2D eigenvalue weighted by Gasteiger charge is 2.37. The van der Waals surface area contributed by atoms with Crippen molar-refractivity contribution in [3.8, 4) is 0 Å². The maximum atomic E-state index is 12.0. The first kappa shape index (κ1) is 13.1. The number of nitrogens with one attached hydrogen (secondary N) is 1. The minimum absolute atomic E-state index is 0.149. The summed E-state index contributed by atoms with van der Waals surface area (Å²) in [7, 11) is 1.70. The van der Waals surface area contributed by atoms with Crippen molar-refractivity contribution in [3.63, 3.8) is 0 Å². The molecule has 4 nitrogen and oxygen atoms in total. The Morgan fingerprint density at radius 3 is 2.61 bits per heavy atom. The van der Waals surface area contributed by atoms with Gasteiger partial charge < -0.3 is 15.8 Å². The van der Waals surface area contributed by atoms with Crippen molar-refractivity contribution in [1.29, 1.82) is 0 Å². The Kier molecular flexibility index (Phi) is 3.99. The topological polar surface area (TPSA) is 64.3 Å². The minimum atomic E-state index is -0.611. The van der Waals surface area contributed by atoms with Gasteiger partial charge in [-0.25, -0.2) is 0 Å². The fraction of sp³-hybridized carbons (Fsp3) is 0.500. The fourth-order valence-corrected chi connectivity index (χ4v) is 2.19. The van der Waals surface area contributed by atoms with Crippen molar-refractivity contribution in [2.45, 2.75) is 30.9 Å². The highest BCUT2D eigenvalue weighted by Crippen LogP contribution is 2.34. The van der Waals surface area contributed by atoms with Gasteiger partial charge in [-0.15, -0.1) is 0 Å². The molecular weight excluding hydrogens is 228 g/mol. The van der Waals surface area contributed by atoms with Crippen LogP contribution in [0.3, 0.4) is 0 Å². The molecule has 1 aliphatic rings. The number of carbonyl (C=O) groups excluding carboxylic acids is 1. The largest absolute Gasteiger partial charge is 0.376 e. The first-order valence-electron chi connectivity index (χ1n) is 6.30. The molecule has 0 radical (unpaired) electrons. The third kappa shape index (κ3) is 2.71. The summed E-state index contributed by atoms with van der Waals surface area (Å²) in [5.41, 5.74) is 6.58. The predicted molar refractivity (Wildman–Crippen MR) is 70.0 cm³/mol. The van der Waals surface area contributed by atoms with Gasteiger partial charge in [0.1, 0.15) is 6.04 Å². The molecular formula is C14H20N2O2. The molecule has 0 aromatic heterocycles. The molecule has 1 unspecified atom stereocenters. The summed E-state index contributed by atoms with van der Waals surface area (Å²) in [5, 5.41) is 2.89. The SMILES string of the molecule is COC1(CNC(=O)C(N)c2ccccc2)CCC1. The maximum Gasteiger partial charge on any atom is 0.241 e. The van der Waals surface area contributed by atoms with E-state index in [4.69, 9.17) is 10.5 Å². The van der Waals surface area contributed by atoms with Crippen LogP contribution >= 0.6 is 0 Å². The third-order valence-electron chi connectivity index (χ3n) is 3.72. The van der Waals surface area contributed by atoms with Crippen LogP contribution in [0, 0.1) is 0 Å². The summed E-state index contributed by atoms with van der Waals surface area (Å²) < 4.78 is 5.45. The van der Waals surface area contributed by atoms with E-state index in [-0.39, 0.29) is 11.5 Å².